The van der Waals surface area contributed by atoms with E-state index in [2.05, 4.69) is 24.4 Å². The average molecular weight is 388 g/mol. The summed E-state index contributed by atoms with van der Waals surface area (Å²) >= 11 is 0. The number of benzene rings is 3. The summed E-state index contributed by atoms with van der Waals surface area (Å²) < 4.78 is 5.94. The van der Waals surface area contributed by atoms with Gasteiger partial charge < -0.3 is 10.1 Å². The summed E-state index contributed by atoms with van der Waals surface area (Å²) in [6.45, 7) is 3.37. The molecule has 3 rings (SSSR count). The Morgan fingerprint density at radius 3 is 2.24 bits per heavy atom. The van der Waals surface area contributed by atoms with Gasteiger partial charge in [0.15, 0.2) is 0 Å². The number of amides is 1. The molecule has 0 saturated carbocycles. The van der Waals surface area contributed by atoms with E-state index in [0.717, 1.165) is 28.9 Å². The third kappa shape index (κ3) is 6.21. The molecular formula is C26H29NO2. The number of para-hydroxylation sites is 1. The summed E-state index contributed by atoms with van der Waals surface area (Å²) in [4.78, 5) is 12.6. The van der Waals surface area contributed by atoms with Crippen molar-refractivity contribution in [1.82, 2.24) is 5.32 Å². The normalized spacial score (nSPS) is 10.5. The molecule has 0 aliphatic rings. The molecule has 0 fully saturated rings. The maximum atomic E-state index is 12.6. The molecule has 0 radical (unpaired) electrons. The Balaban J connectivity index is 1.55. The van der Waals surface area contributed by atoms with Gasteiger partial charge in [-0.05, 0) is 35.7 Å². The van der Waals surface area contributed by atoms with Crippen LogP contribution in [0.5, 0.6) is 5.75 Å². The minimum atomic E-state index is -0.0811. The lowest BCUT2D eigenvalue weighted by Gasteiger charge is -2.12. The second-order valence-electron chi connectivity index (χ2n) is 7.14. The lowest BCUT2D eigenvalue weighted by molar-refractivity contribution is 0.0950. The van der Waals surface area contributed by atoms with Crippen LogP contribution in [0.1, 0.15) is 48.5 Å². The van der Waals surface area contributed by atoms with Gasteiger partial charge in [0.05, 0.1) is 6.61 Å². The van der Waals surface area contributed by atoms with E-state index in [-0.39, 0.29) is 5.91 Å². The number of carbonyl (C=O) groups is 1. The molecule has 0 aliphatic heterocycles. The molecule has 0 atom stereocenters. The van der Waals surface area contributed by atoms with E-state index in [4.69, 9.17) is 4.74 Å². The predicted molar refractivity (Wildman–Crippen MR) is 119 cm³/mol. The molecule has 0 aliphatic carbocycles. The molecule has 0 unspecified atom stereocenters. The number of ether oxygens (including phenoxy) is 1. The molecule has 1 amide bonds. The van der Waals surface area contributed by atoms with E-state index in [9.17, 15) is 4.79 Å². The first kappa shape index (κ1) is 20.7. The number of unbranched alkanes of at least 4 members (excludes halogenated alkanes) is 3. The van der Waals surface area contributed by atoms with Crippen LogP contribution in [-0.4, -0.2) is 12.5 Å². The zero-order chi connectivity index (χ0) is 20.3. The minimum Gasteiger partial charge on any atom is -0.493 e. The summed E-state index contributed by atoms with van der Waals surface area (Å²) in [5, 5.41) is 3.01. The average Bonchev–Trinajstić information content (AvgIpc) is 2.78. The van der Waals surface area contributed by atoms with Gasteiger partial charge >= 0.3 is 0 Å². The number of carbonyl (C=O) groups excluding carboxylic acids is 1. The SMILES string of the molecule is CCCCCCOc1ccccc1CNC(=O)c1ccc(-c2ccccc2)cc1. The molecule has 3 heteroatoms. The lowest BCUT2D eigenvalue weighted by atomic mass is 10.0. The van der Waals surface area contributed by atoms with Crippen molar-refractivity contribution >= 4 is 5.91 Å². The first-order valence-electron chi connectivity index (χ1n) is 10.4. The van der Waals surface area contributed by atoms with Gasteiger partial charge in [0, 0.05) is 17.7 Å². The molecule has 0 heterocycles. The Hall–Kier alpha value is -3.07. The van der Waals surface area contributed by atoms with Crippen LogP contribution in [0.3, 0.4) is 0 Å². The van der Waals surface area contributed by atoms with Crippen LogP contribution in [-0.2, 0) is 6.54 Å². The first-order valence-corrected chi connectivity index (χ1v) is 10.4. The van der Waals surface area contributed by atoms with Gasteiger partial charge in [0.1, 0.15) is 5.75 Å². The Labute approximate surface area is 173 Å². The van der Waals surface area contributed by atoms with Crippen molar-refractivity contribution in [2.45, 2.75) is 39.2 Å². The zero-order valence-electron chi connectivity index (χ0n) is 17.1. The van der Waals surface area contributed by atoms with Crippen LogP contribution in [0, 0.1) is 0 Å². The maximum absolute atomic E-state index is 12.6. The Bertz CT molecular complexity index is 888. The van der Waals surface area contributed by atoms with E-state index in [0.29, 0.717) is 18.7 Å². The molecule has 0 aromatic heterocycles. The van der Waals surface area contributed by atoms with Crippen LogP contribution in [0.2, 0.25) is 0 Å². The molecular weight excluding hydrogens is 358 g/mol. The highest BCUT2D eigenvalue weighted by atomic mass is 16.5. The Kier molecular flexibility index (Phi) is 7.88. The highest BCUT2D eigenvalue weighted by Crippen LogP contribution is 2.20. The van der Waals surface area contributed by atoms with E-state index in [1.54, 1.807) is 0 Å². The van der Waals surface area contributed by atoms with Crippen molar-refractivity contribution in [3.05, 3.63) is 90.0 Å². The third-order valence-electron chi connectivity index (χ3n) is 4.92. The summed E-state index contributed by atoms with van der Waals surface area (Å²) in [5.74, 6) is 0.770. The van der Waals surface area contributed by atoms with Crippen molar-refractivity contribution in [2.75, 3.05) is 6.61 Å². The second-order valence-corrected chi connectivity index (χ2v) is 7.14. The molecule has 3 nitrogen and oxygen atoms in total. The summed E-state index contributed by atoms with van der Waals surface area (Å²) in [6.07, 6.45) is 4.70. The summed E-state index contributed by atoms with van der Waals surface area (Å²) in [6, 6.07) is 25.8. The maximum Gasteiger partial charge on any atom is 0.251 e. The molecule has 29 heavy (non-hydrogen) atoms. The fourth-order valence-electron chi connectivity index (χ4n) is 3.22. The highest BCUT2D eigenvalue weighted by molar-refractivity contribution is 5.94. The molecule has 3 aromatic carbocycles. The second kappa shape index (κ2) is 11.1. The first-order chi connectivity index (χ1) is 14.3. The van der Waals surface area contributed by atoms with E-state index in [1.807, 2.05) is 66.7 Å². The smallest absolute Gasteiger partial charge is 0.251 e. The van der Waals surface area contributed by atoms with Crippen molar-refractivity contribution in [3.63, 3.8) is 0 Å². The molecule has 3 aromatic rings. The van der Waals surface area contributed by atoms with Gasteiger partial charge in [0.2, 0.25) is 0 Å². The monoisotopic (exact) mass is 387 g/mol. The van der Waals surface area contributed by atoms with E-state index in [1.165, 1.54) is 19.3 Å². The van der Waals surface area contributed by atoms with Gasteiger partial charge in [-0.2, -0.15) is 0 Å². The van der Waals surface area contributed by atoms with Gasteiger partial charge in [0.25, 0.3) is 5.91 Å². The molecule has 1 N–H and O–H groups in total. The van der Waals surface area contributed by atoms with Crippen LogP contribution >= 0.6 is 0 Å². The van der Waals surface area contributed by atoms with Gasteiger partial charge in [-0.15, -0.1) is 0 Å². The fourth-order valence-corrected chi connectivity index (χ4v) is 3.22. The molecule has 0 spiro atoms. The molecule has 0 bridgehead atoms. The van der Waals surface area contributed by atoms with Crippen molar-refractivity contribution in [1.29, 1.82) is 0 Å². The largest absolute Gasteiger partial charge is 0.493 e. The number of hydrogen-bond donors (Lipinski definition) is 1. The van der Waals surface area contributed by atoms with Crippen LogP contribution in [0.15, 0.2) is 78.9 Å². The van der Waals surface area contributed by atoms with Crippen molar-refractivity contribution in [2.24, 2.45) is 0 Å². The number of hydrogen-bond acceptors (Lipinski definition) is 2. The zero-order valence-corrected chi connectivity index (χ0v) is 17.1. The van der Waals surface area contributed by atoms with Gasteiger partial charge in [-0.3, -0.25) is 4.79 Å². The third-order valence-corrected chi connectivity index (χ3v) is 4.92. The van der Waals surface area contributed by atoms with E-state index >= 15 is 0 Å². The quantitative estimate of drug-likeness (QED) is 0.418. The Morgan fingerprint density at radius 1 is 0.793 bits per heavy atom. The lowest BCUT2D eigenvalue weighted by Crippen LogP contribution is -2.23. The summed E-state index contributed by atoms with van der Waals surface area (Å²) in [5.41, 5.74) is 3.90. The van der Waals surface area contributed by atoms with Crippen LogP contribution in [0.4, 0.5) is 0 Å². The highest BCUT2D eigenvalue weighted by Gasteiger charge is 2.08. The van der Waals surface area contributed by atoms with Crippen molar-refractivity contribution < 1.29 is 9.53 Å². The van der Waals surface area contributed by atoms with E-state index < -0.39 is 0 Å². The predicted octanol–water partition coefficient (Wildman–Crippen LogP) is 6.24. The Morgan fingerprint density at radius 2 is 1.48 bits per heavy atom. The van der Waals surface area contributed by atoms with Gasteiger partial charge in [-0.1, -0.05) is 86.8 Å². The minimum absolute atomic E-state index is 0.0811. The summed E-state index contributed by atoms with van der Waals surface area (Å²) in [7, 11) is 0. The van der Waals surface area contributed by atoms with Gasteiger partial charge in [-0.25, -0.2) is 0 Å². The number of rotatable bonds is 10. The molecule has 0 saturated heterocycles. The van der Waals surface area contributed by atoms with Crippen LogP contribution in [0.25, 0.3) is 11.1 Å². The topological polar surface area (TPSA) is 38.3 Å². The van der Waals surface area contributed by atoms with Crippen molar-refractivity contribution in [3.8, 4) is 16.9 Å². The standard InChI is InChI=1S/C26H29NO2/c1-2-3-4-10-19-29-25-14-9-8-13-24(25)20-27-26(28)23-17-15-22(16-18-23)21-11-6-5-7-12-21/h5-9,11-18H,2-4,10,19-20H2,1H3,(H,27,28). The van der Waals surface area contributed by atoms with Crippen LogP contribution < -0.4 is 10.1 Å². The number of nitrogens with one attached hydrogen (secondary N) is 1. The fraction of sp³-hybridized carbons (Fsp3) is 0.269. The molecule has 150 valence electrons.